The van der Waals surface area contributed by atoms with E-state index in [1.165, 1.54) is 4.70 Å². The summed E-state index contributed by atoms with van der Waals surface area (Å²) in [6.07, 6.45) is 0. The Bertz CT molecular complexity index is 411. The van der Waals surface area contributed by atoms with E-state index in [2.05, 4.69) is 23.2 Å². The maximum absolute atomic E-state index is 5.52. The fourth-order valence-corrected chi connectivity index (χ4v) is 2.02. The van der Waals surface area contributed by atoms with Gasteiger partial charge in [-0.2, -0.15) is 0 Å². The summed E-state index contributed by atoms with van der Waals surface area (Å²) in [5.41, 5.74) is 7.74. The average Bonchev–Trinajstić information content (AvgIpc) is 2.43. The van der Waals surface area contributed by atoms with Crippen LogP contribution in [0.1, 0.15) is 10.6 Å². The van der Waals surface area contributed by atoms with E-state index in [0.717, 1.165) is 16.1 Å². The average molecular weight is 215 g/mol. The van der Waals surface area contributed by atoms with Crippen LogP contribution in [0, 0.1) is 6.92 Å². The van der Waals surface area contributed by atoms with Crippen LogP contribution in [0.2, 0.25) is 0 Å². The largest absolute Gasteiger partial charge is 0.326 e. The first kappa shape index (κ1) is 10.4. The van der Waals surface area contributed by atoms with E-state index in [1.807, 2.05) is 6.92 Å². The first-order valence-electron chi connectivity index (χ1n) is 3.86. The van der Waals surface area contributed by atoms with Crippen molar-refractivity contribution in [3.63, 3.8) is 0 Å². The second-order valence-electron chi connectivity index (χ2n) is 2.74. The minimum Gasteiger partial charge on any atom is -0.326 e. The molecule has 1 heterocycles. The molecule has 2 rings (SSSR count). The Balaban J connectivity index is 0.000000845. The van der Waals surface area contributed by atoms with Crippen molar-refractivity contribution in [3.05, 3.63) is 28.8 Å². The fraction of sp³-hybridized carbons (Fsp3) is 0.222. The molecule has 0 amide bonds. The standard InChI is InChI=1S/C9H10N2S.ClH/c1-6-11-8-4-7(5-10)2-3-9(8)12-6;/h2-4H,5,10H2,1H3;1H. The predicted molar refractivity (Wildman–Crippen MR) is 59.5 cm³/mol. The van der Waals surface area contributed by atoms with Crippen LogP contribution in [0.5, 0.6) is 0 Å². The summed E-state index contributed by atoms with van der Waals surface area (Å²) in [7, 11) is 0. The molecule has 0 unspecified atom stereocenters. The summed E-state index contributed by atoms with van der Waals surface area (Å²) in [6.45, 7) is 2.61. The molecule has 0 saturated carbocycles. The monoisotopic (exact) mass is 214 g/mol. The normalized spacial score (nSPS) is 10.0. The summed E-state index contributed by atoms with van der Waals surface area (Å²) in [4.78, 5) is 4.38. The molecule has 2 nitrogen and oxygen atoms in total. The lowest BCUT2D eigenvalue weighted by atomic mass is 10.2. The first-order valence-corrected chi connectivity index (χ1v) is 4.67. The third kappa shape index (κ3) is 1.99. The summed E-state index contributed by atoms with van der Waals surface area (Å²) < 4.78 is 1.24. The Morgan fingerprint density at radius 1 is 1.46 bits per heavy atom. The van der Waals surface area contributed by atoms with E-state index in [4.69, 9.17) is 5.73 Å². The molecule has 0 radical (unpaired) electrons. The third-order valence-corrected chi connectivity index (χ3v) is 2.75. The lowest BCUT2D eigenvalue weighted by Gasteiger charge is -1.93. The highest BCUT2D eigenvalue weighted by atomic mass is 35.5. The van der Waals surface area contributed by atoms with Crippen molar-refractivity contribution in [2.45, 2.75) is 13.5 Å². The number of nitrogens with two attached hydrogens (primary N) is 1. The maximum Gasteiger partial charge on any atom is 0.0907 e. The van der Waals surface area contributed by atoms with Crippen molar-refractivity contribution in [2.75, 3.05) is 0 Å². The first-order chi connectivity index (χ1) is 5.79. The van der Waals surface area contributed by atoms with Crippen molar-refractivity contribution in [2.24, 2.45) is 5.73 Å². The van der Waals surface area contributed by atoms with Crippen molar-refractivity contribution < 1.29 is 0 Å². The van der Waals surface area contributed by atoms with Crippen LogP contribution >= 0.6 is 23.7 Å². The second kappa shape index (κ2) is 4.05. The van der Waals surface area contributed by atoms with E-state index < -0.39 is 0 Å². The van der Waals surface area contributed by atoms with E-state index in [1.54, 1.807) is 11.3 Å². The Labute approximate surface area is 87.2 Å². The van der Waals surface area contributed by atoms with E-state index in [9.17, 15) is 0 Å². The highest BCUT2D eigenvalue weighted by Crippen LogP contribution is 2.21. The van der Waals surface area contributed by atoms with Gasteiger partial charge in [-0.3, -0.25) is 0 Å². The number of halogens is 1. The highest BCUT2D eigenvalue weighted by molar-refractivity contribution is 7.18. The zero-order chi connectivity index (χ0) is 8.55. The summed E-state index contributed by atoms with van der Waals surface area (Å²) in [5, 5.41) is 1.11. The molecule has 0 atom stereocenters. The van der Waals surface area contributed by atoms with Crippen LogP contribution in [0.15, 0.2) is 18.2 Å². The molecule has 2 N–H and O–H groups in total. The Hall–Kier alpha value is -0.640. The summed E-state index contributed by atoms with van der Waals surface area (Å²) in [5.74, 6) is 0. The lowest BCUT2D eigenvalue weighted by Crippen LogP contribution is -1.94. The molecule has 13 heavy (non-hydrogen) atoms. The molecule has 70 valence electrons. The van der Waals surface area contributed by atoms with Gasteiger partial charge in [-0.15, -0.1) is 23.7 Å². The van der Waals surface area contributed by atoms with Gasteiger partial charge >= 0.3 is 0 Å². The van der Waals surface area contributed by atoms with Gasteiger partial charge < -0.3 is 5.73 Å². The number of thiazole rings is 1. The number of fused-ring (bicyclic) bond motifs is 1. The van der Waals surface area contributed by atoms with Crippen molar-refractivity contribution in [1.82, 2.24) is 4.98 Å². The Kier molecular flexibility index (Phi) is 3.25. The van der Waals surface area contributed by atoms with Gasteiger partial charge in [-0.05, 0) is 24.6 Å². The van der Waals surface area contributed by atoms with Gasteiger partial charge in [0.2, 0.25) is 0 Å². The molecule has 4 heteroatoms. The number of nitrogens with zero attached hydrogens (tertiary/aromatic N) is 1. The highest BCUT2D eigenvalue weighted by Gasteiger charge is 1.99. The summed E-state index contributed by atoms with van der Waals surface area (Å²) in [6, 6.07) is 6.20. The van der Waals surface area contributed by atoms with E-state index >= 15 is 0 Å². The summed E-state index contributed by atoms with van der Waals surface area (Å²) >= 11 is 1.72. The van der Waals surface area contributed by atoms with Gasteiger partial charge in [0.1, 0.15) is 0 Å². The molecule has 0 spiro atoms. The van der Waals surface area contributed by atoms with E-state index in [0.29, 0.717) is 6.54 Å². The molecule has 0 bridgehead atoms. The van der Waals surface area contributed by atoms with Crippen LogP contribution < -0.4 is 5.73 Å². The van der Waals surface area contributed by atoms with Crippen molar-refractivity contribution >= 4 is 34.0 Å². The quantitative estimate of drug-likeness (QED) is 0.792. The van der Waals surface area contributed by atoms with Crippen molar-refractivity contribution in [3.8, 4) is 0 Å². The molecule has 1 aromatic heterocycles. The van der Waals surface area contributed by atoms with Gasteiger partial charge in [0.25, 0.3) is 0 Å². The molecule has 0 aliphatic heterocycles. The van der Waals surface area contributed by atoms with Gasteiger partial charge in [0.15, 0.2) is 0 Å². The maximum atomic E-state index is 5.52. The minimum atomic E-state index is 0. The van der Waals surface area contributed by atoms with Gasteiger partial charge in [0.05, 0.1) is 15.2 Å². The number of hydrogen-bond acceptors (Lipinski definition) is 3. The van der Waals surface area contributed by atoms with E-state index in [-0.39, 0.29) is 12.4 Å². The van der Waals surface area contributed by atoms with Crippen LogP contribution in [-0.4, -0.2) is 4.98 Å². The van der Waals surface area contributed by atoms with Crippen LogP contribution in [0.3, 0.4) is 0 Å². The van der Waals surface area contributed by atoms with Gasteiger partial charge in [-0.1, -0.05) is 6.07 Å². The molecule has 0 aliphatic rings. The molecule has 0 saturated heterocycles. The van der Waals surface area contributed by atoms with Crippen LogP contribution in [0.4, 0.5) is 0 Å². The number of rotatable bonds is 1. The SMILES string of the molecule is Cc1nc2cc(CN)ccc2s1.Cl. The molecular formula is C9H11ClN2S. The number of aryl methyl sites for hydroxylation is 1. The topological polar surface area (TPSA) is 38.9 Å². The van der Waals surface area contributed by atoms with Crippen LogP contribution in [-0.2, 0) is 6.54 Å². The number of hydrogen-bond donors (Lipinski definition) is 1. The lowest BCUT2D eigenvalue weighted by molar-refractivity contribution is 1.07. The van der Waals surface area contributed by atoms with Gasteiger partial charge in [0, 0.05) is 6.54 Å². The third-order valence-electron chi connectivity index (χ3n) is 1.79. The zero-order valence-electron chi connectivity index (χ0n) is 7.28. The Morgan fingerprint density at radius 2 is 2.23 bits per heavy atom. The molecule has 1 aromatic carbocycles. The zero-order valence-corrected chi connectivity index (χ0v) is 8.91. The van der Waals surface area contributed by atoms with Crippen LogP contribution in [0.25, 0.3) is 10.2 Å². The predicted octanol–water partition coefficient (Wildman–Crippen LogP) is 2.49. The minimum absolute atomic E-state index is 0. The molecule has 2 aromatic rings. The number of aromatic nitrogens is 1. The smallest absolute Gasteiger partial charge is 0.0907 e. The molecule has 0 aliphatic carbocycles. The Morgan fingerprint density at radius 3 is 2.92 bits per heavy atom. The molecule has 0 fully saturated rings. The fourth-order valence-electron chi connectivity index (χ4n) is 1.22. The van der Waals surface area contributed by atoms with Gasteiger partial charge in [-0.25, -0.2) is 4.98 Å². The number of benzene rings is 1. The van der Waals surface area contributed by atoms with Crippen molar-refractivity contribution in [1.29, 1.82) is 0 Å². The molecular weight excluding hydrogens is 204 g/mol. The second-order valence-corrected chi connectivity index (χ2v) is 3.97.